The number of methoxy groups -OCH3 is 1. The molecule has 1 aromatic rings. The summed E-state index contributed by atoms with van der Waals surface area (Å²) in [7, 11) is 1.55. The Morgan fingerprint density at radius 2 is 2.11 bits per heavy atom. The molecule has 0 aliphatic heterocycles. The molecule has 2 N–H and O–H groups in total. The summed E-state index contributed by atoms with van der Waals surface area (Å²) in [6.07, 6.45) is 3.04. The van der Waals surface area contributed by atoms with Crippen LogP contribution in [0.15, 0.2) is 18.2 Å². The highest BCUT2D eigenvalue weighted by Gasteiger charge is 2.36. The van der Waals surface area contributed by atoms with Crippen LogP contribution in [0, 0.1) is 5.82 Å². The van der Waals surface area contributed by atoms with Crippen LogP contribution in [-0.2, 0) is 5.60 Å². The van der Waals surface area contributed by atoms with Crippen LogP contribution in [0.1, 0.15) is 38.2 Å². The Morgan fingerprint density at radius 3 is 2.68 bits per heavy atom. The van der Waals surface area contributed by atoms with E-state index in [1.54, 1.807) is 13.2 Å². The Morgan fingerprint density at radius 1 is 1.42 bits per heavy atom. The molecule has 0 aromatic heterocycles. The minimum absolute atomic E-state index is 0.335. The molecular formula is C15H22FNO2. The maximum absolute atomic E-state index is 13.4. The number of halogens is 1. The first-order valence-electron chi connectivity index (χ1n) is 6.89. The molecule has 1 saturated carbocycles. The zero-order chi connectivity index (χ0) is 13.9. The smallest absolute Gasteiger partial charge is 0.125 e. The van der Waals surface area contributed by atoms with E-state index in [0.717, 1.165) is 19.4 Å². The second kappa shape index (κ2) is 5.88. The van der Waals surface area contributed by atoms with Crippen molar-refractivity contribution in [2.45, 2.75) is 44.2 Å². The molecule has 1 fully saturated rings. The fourth-order valence-electron chi connectivity index (χ4n) is 2.90. The third-order valence-corrected chi connectivity index (χ3v) is 3.97. The van der Waals surface area contributed by atoms with Gasteiger partial charge in [-0.05, 0) is 50.4 Å². The molecule has 1 aliphatic rings. The van der Waals surface area contributed by atoms with Crippen LogP contribution < -0.4 is 10.1 Å². The fourth-order valence-corrected chi connectivity index (χ4v) is 2.90. The van der Waals surface area contributed by atoms with E-state index in [-0.39, 0.29) is 5.82 Å². The lowest BCUT2D eigenvalue weighted by molar-refractivity contribution is -0.0102. The van der Waals surface area contributed by atoms with Crippen LogP contribution in [0.2, 0.25) is 0 Å². The molecule has 0 heterocycles. The van der Waals surface area contributed by atoms with E-state index in [4.69, 9.17) is 4.74 Å². The van der Waals surface area contributed by atoms with Gasteiger partial charge in [0.2, 0.25) is 0 Å². The van der Waals surface area contributed by atoms with Crippen molar-refractivity contribution in [3.63, 3.8) is 0 Å². The van der Waals surface area contributed by atoms with Crippen molar-refractivity contribution >= 4 is 0 Å². The highest BCUT2D eigenvalue weighted by Crippen LogP contribution is 2.41. The Bertz CT molecular complexity index is 428. The van der Waals surface area contributed by atoms with Crippen molar-refractivity contribution in [1.29, 1.82) is 0 Å². The summed E-state index contributed by atoms with van der Waals surface area (Å²) in [5.41, 5.74) is -0.399. The zero-order valence-corrected chi connectivity index (χ0v) is 11.6. The Hall–Kier alpha value is -1.13. The molecular weight excluding hydrogens is 245 g/mol. The van der Waals surface area contributed by atoms with Crippen LogP contribution in [-0.4, -0.2) is 24.8 Å². The van der Waals surface area contributed by atoms with Crippen LogP contribution in [0.5, 0.6) is 5.75 Å². The molecule has 0 bridgehead atoms. The van der Waals surface area contributed by atoms with Gasteiger partial charge in [-0.1, -0.05) is 6.92 Å². The highest BCUT2D eigenvalue weighted by atomic mass is 19.1. The third kappa shape index (κ3) is 3.07. The number of benzene rings is 1. The maximum Gasteiger partial charge on any atom is 0.125 e. The van der Waals surface area contributed by atoms with E-state index >= 15 is 0 Å². The average Bonchev–Trinajstić information content (AvgIpc) is 2.42. The first-order chi connectivity index (χ1) is 9.09. The first kappa shape index (κ1) is 14.3. The molecule has 106 valence electrons. The van der Waals surface area contributed by atoms with Crippen LogP contribution in [0.3, 0.4) is 0 Å². The van der Waals surface area contributed by atoms with Gasteiger partial charge < -0.3 is 15.2 Å². The molecule has 4 heteroatoms. The molecule has 0 radical (unpaired) electrons. The SMILES string of the molecule is CCNC1CCC(O)(c2cc(F)ccc2OC)CC1. The number of aliphatic hydroxyl groups is 1. The standard InChI is InChI=1S/C15H22FNO2/c1-3-17-12-6-8-15(18,9-7-12)13-10-11(16)4-5-14(13)19-2/h4-5,10,12,17-18H,3,6-9H2,1-2H3. The summed E-state index contributed by atoms with van der Waals surface area (Å²) in [4.78, 5) is 0. The second-order valence-corrected chi connectivity index (χ2v) is 5.21. The van der Waals surface area contributed by atoms with E-state index < -0.39 is 5.60 Å². The van der Waals surface area contributed by atoms with Crippen LogP contribution in [0.4, 0.5) is 4.39 Å². The molecule has 1 aliphatic carbocycles. The summed E-state index contributed by atoms with van der Waals surface area (Å²) in [6.45, 7) is 3.02. The van der Waals surface area contributed by atoms with Gasteiger partial charge in [0, 0.05) is 11.6 Å². The lowest BCUT2D eigenvalue weighted by Crippen LogP contribution is -2.39. The van der Waals surface area contributed by atoms with Gasteiger partial charge >= 0.3 is 0 Å². The predicted octanol–water partition coefficient (Wildman–Crippen LogP) is 2.57. The fraction of sp³-hybridized carbons (Fsp3) is 0.600. The molecule has 0 atom stereocenters. The molecule has 19 heavy (non-hydrogen) atoms. The molecule has 0 saturated heterocycles. The third-order valence-electron chi connectivity index (χ3n) is 3.97. The molecule has 1 aromatic carbocycles. The zero-order valence-electron chi connectivity index (χ0n) is 11.6. The lowest BCUT2D eigenvalue weighted by atomic mass is 9.77. The summed E-state index contributed by atoms with van der Waals surface area (Å²) < 4.78 is 18.7. The van der Waals surface area contributed by atoms with Gasteiger partial charge in [0.05, 0.1) is 12.7 Å². The van der Waals surface area contributed by atoms with E-state index in [9.17, 15) is 9.50 Å². The van der Waals surface area contributed by atoms with Crippen molar-refractivity contribution in [2.24, 2.45) is 0 Å². The van der Waals surface area contributed by atoms with Crippen molar-refractivity contribution in [2.75, 3.05) is 13.7 Å². The van der Waals surface area contributed by atoms with Crippen molar-refractivity contribution in [3.05, 3.63) is 29.6 Å². The summed E-state index contributed by atoms with van der Waals surface area (Å²) in [5, 5.41) is 14.2. The normalized spacial score (nSPS) is 27.3. The van der Waals surface area contributed by atoms with Gasteiger partial charge in [-0.2, -0.15) is 0 Å². The Balaban J connectivity index is 2.19. The number of nitrogens with one attached hydrogen (secondary N) is 1. The Labute approximate surface area is 113 Å². The summed E-state index contributed by atoms with van der Waals surface area (Å²) in [5.74, 6) is 0.226. The van der Waals surface area contributed by atoms with Gasteiger partial charge in [0.15, 0.2) is 0 Å². The van der Waals surface area contributed by atoms with Crippen LogP contribution >= 0.6 is 0 Å². The summed E-state index contributed by atoms with van der Waals surface area (Å²) >= 11 is 0. The second-order valence-electron chi connectivity index (χ2n) is 5.21. The predicted molar refractivity (Wildman–Crippen MR) is 72.8 cm³/mol. The summed E-state index contributed by atoms with van der Waals surface area (Å²) in [6, 6.07) is 4.78. The Kier molecular flexibility index (Phi) is 4.42. The molecule has 2 rings (SSSR count). The maximum atomic E-state index is 13.4. The van der Waals surface area contributed by atoms with E-state index in [1.165, 1.54) is 12.1 Å². The van der Waals surface area contributed by atoms with Crippen molar-refractivity contribution in [1.82, 2.24) is 5.32 Å². The van der Waals surface area contributed by atoms with Crippen molar-refractivity contribution < 1.29 is 14.2 Å². The first-order valence-corrected chi connectivity index (χ1v) is 6.89. The van der Waals surface area contributed by atoms with E-state index in [0.29, 0.717) is 30.2 Å². The lowest BCUT2D eigenvalue weighted by Gasteiger charge is -2.37. The molecule has 0 unspecified atom stereocenters. The van der Waals surface area contributed by atoms with Gasteiger partial charge in [-0.25, -0.2) is 4.39 Å². The monoisotopic (exact) mass is 267 g/mol. The quantitative estimate of drug-likeness (QED) is 0.881. The number of hydrogen-bond donors (Lipinski definition) is 2. The van der Waals surface area contributed by atoms with Gasteiger partial charge in [-0.15, -0.1) is 0 Å². The van der Waals surface area contributed by atoms with Gasteiger partial charge in [-0.3, -0.25) is 0 Å². The topological polar surface area (TPSA) is 41.5 Å². The number of ether oxygens (including phenoxy) is 1. The van der Waals surface area contributed by atoms with Gasteiger partial charge in [0.1, 0.15) is 11.6 Å². The molecule has 0 spiro atoms. The van der Waals surface area contributed by atoms with Crippen LogP contribution in [0.25, 0.3) is 0 Å². The minimum atomic E-state index is -0.973. The molecule has 0 amide bonds. The van der Waals surface area contributed by atoms with Crippen molar-refractivity contribution in [3.8, 4) is 5.75 Å². The molecule has 3 nitrogen and oxygen atoms in total. The van der Waals surface area contributed by atoms with E-state index in [1.807, 2.05) is 0 Å². The minimum Gasteiger partial charge on any atom is -0.496 e. The highest BCUT2D eigenvalue weighted by molar-refractivity contribution is 5.38. The van der Waals surface area contributed by atoms with E-state index in [2.05, 4.69) is 12.2 Å². The largest absolute Gasteiger partial charge is 0.496 e. The average molecular weight is 267 g/mol. The number of rotatable bonds is 4. The van der Waals surface area contributed by atoms with Gasteiger partial charge in [0.25, 0.3) is 0 Å². The number of hydrogen-bond acceptors (Lipinski definition) is 3.